The summed E-state index contributed by atoms with van der Waals surface area (Å²) in [5.41, 5.74) is -0.168. The zero-order valence-corrected chi connectivity index (χ0v) is 11.9. The van der Waals surface area contributed by atoms with E-state index in [1.165, 1.54) is 12.3 Å². The molecule has 0 unspecified atom stereocenters. The summed E-state index contributed by atoms with van der Waals surface area (Å²) in [5.74, 6) is -0.736. The molecule has 0 radical (unpaired) electrons. The van der Waals surface area contributed by atoms with Crippen molar-refractivity contribution in [1.29, 1.82) is 0 Å². The molecule has 1 aliphatic carbocycles. The van der Waals surface area contributed by atoms with Crippen molar-refractivity contribution < 1.29 is 13.9 Å². The summed E-state index contributed by atoms with van der Waals surface area (Å²) in [7, 11) is 0. The van der Waals surface area contributed by atoms with Crippen LogP contribution in [0.1, 0.15) is 30.3 Å². The van der Waals surface area contributed by atoms with Gasteiger partial charge in [-0.25, -0.2) is 9.37 Å². The van der Waals surface area contributed by atoms with Crippen LogP contribution in [0.5, 0.6) is 5.75 Å². The van der Waals surface area contributed by atoms with Gasteiger partial charge in [0.15, 0.2) is 11.5 Å². The molecule has 0 spiro atoms. The molecule has 5 nitrogen and oxygen atoms in total. The second-order valence-electron chi connectivity index (χ2n) is 5.10. The highest BCUT2D eigenvalue weighted by molar-refractivity contribution is 5.93. The van der Waals surface area contributed by atoms with Gasteiger partial charge in [-0.15, -0.1) is 12.4 Å². The molecule has 2 atom stereocenters. The van der Waals surface area contributed by atoms with Gasteiger partial charge in [-0.05, 0) is 19.8 Å². The molecular weight excluding hydrogens is 285 g/mol. The van der Waals surface area contributed by atoms with E-state index < -0.39 is 11.7 Å². The zero-order chi connectivity index (χ0) is 13.4. The fourth-order valence-corrected chi connectivity index (χ4v) is 1.90. The molecule has 20 heavy (non-hydrogen) atoms. The quantitative estimate of drug-likeness (QED) is 0.879. The van der Waals surface area contributed by atoms with Gasteiger partial charge in [0.2, 0.25) is 0 Å². The molecule has 1 saturated heterocycles. The molecular formula is C13H17ClFN3O2. The van der Waals surface area contributed by atoms with Gasteiger partial charge in [0.25, 0.3) is 5.91 Å². The molecule has 1 aromatic heterocycles. The summed E-state index contributed by atoms with van der Waals surface area (Å²) in [6, 6.07) is 1.66. The van der Waals surface area contributed by atoms with Gasteiger partial charge < -0.3 is 15.4 Å². The van der Waals surface area contributed by atoms with Crippen molar-refractivity contribution in [2.24, 2.45) is 0 Å². The lowest BCUT2D eigenvalue weighted by Gasteiger charge is -2.35. The molecule has 7 heteroatoms. The largest absolute Gasteiger partial charge is 0.486 e. The minimum atomic E-state index is -0.643. The number of amides is 1. The van der Waals surface area contributed by atoms with Crippen LogP contribution in [0.3, 0.4) is 0 Å². The summed E-state index contributed by atoms with van der Waals surface area (Å²) in [4.78, 5) is 15.6. The minimum absolute atomic E-state index is 0. The van der Waals surface area contributed by atoms with Crippen LogP contribution in [-0.4, -0.2) is 35.6 Å². The standard InChI is InChI=1S/C13H16FN3O2.ClH/c1-7-11(6-15-7)19-9-4-10(14)12(16-5-9)13(18)17-8-2-3-8;/h4-5,7-8,11,15H,2-3,6H2,1H3,(H,17,18);1H/t7-,11+;/m1./s1. The van der Waals surface area contributed by atoms with Crippen LogP contribution < -0.4 is 15.4 Å². The average molecular weight is 302 g/mol. The van der Waals surface area contributed by atoms with E-state index in [0.717, 1.165) is 19.4 Å². The maximum atomic E-state index is 13.8. The van der Waals surface area contributed by atoms with E-state index in [1.807, 2.05) is 6.92 Å². The molecule has 0 aromatic carbocycles. The Balaban J connectivity index is 0.00000147. The van der Waals surface area contributed by atoms with E-state index >= 15 is 0 Å². The highest BCUT2D eigenvalue weighted by Gasteiger charge is 2.29. The smallest absolute Gasteiger partial charge is 0.273 e. The third kappa shape index (κ3) is 3.19. The molecule has 0 bridgehead atoms. The molecule has 110 valence electrons. The number of nitrogens with one attached hydrogen (secondary N) is 2. The summed E-state index contributed by atoms with van der Waals surface area (Å²) < 4.78 is 19.4. The number of nitrogens with zero attached hydrogens (tertiary/aromatic N) is 1. The molecule has 1 amide bonds. The molecule has 3 rings (SSSR count). The Bertz CT molecular complexity index is 510. The molecule has 1 aromatic rings. The van der Waals surface area contributed by atoms with E-state index in [9.17, 15) is 9.18 Å². The first-order valence-corrected chi connectivity index (χ1v) is 6.50. The van der Waals surface area contributed by atoms with Crippen LogP contribution in [0.25, 0.3) is 0 Å². The van der Waals surface area contributed by atoms with Gasteiger partial charge in [-0.3, -0.25) is 4.79 Å². The van der Waals surface area contributed by atoms with Gasteiger partial charge in [0.05, 0.1) is 6.20 Å². The van der Waals surface area contributed by atoms with Crippen molar-refractivity contribution in [2.75, 3.05) is 6.54 Å². The highest BCUT2D eigenvalue weighted by Crippen LogP contribution is 2.21. The second-order valence-corrected chi connectivity index (χ2v) is 5.10. The Morgan fingerprint density at radius 1 is 1.55 bits per heavy atom. The third-order valence-corrected chi connectivity index (χ3v) is 3.43. The number of aromatic nitrogens is 1. The molecule has 1 saturated carbocycles. The number of carbonyl (C=O) groups excluding carboxylic acids is 1. The van der Waals surface area contributed by atoms with E-state index in [1.54, 1.807) is 0 Å². The molecule has 2 aliphatic rings. The number of halogens is 2. The number of rotatable bonds is 4. The van der Waals surface area contributed by atoms with Crippen LogP contribution in [0.15, 0.2) is 12.3 Å². The molecule has 2 N–H and O–H groups in total. The molecule has 2 heterocycles. The monoisotopic (exact) mass is 301 g/mol. The Morgan fingerprint density at radius 3 is 2.80 bits per heavy atom. The number of ether oxygens (including phenoxy) is 1. The third-order valence-electron chi connectivity index (χ3n) is 3.43. The van der Waals surface area contributed by atoms with E-state index in [2.05, 4.69) is 15.6 Å². The van der Waals surface area contributed by atoms with Crippen LogP contribution in [0, 0.1) is 5.82 Å². The van der Waals surface area contributed by atoms with Crippen LogP contribution in [-0.2, 0) is 0 Å². The van der Waals surface area contributed by atoms with Gasteiger partial charge in [0, 0.05) is 24.7 Å². The maximum absolute atomic E-state index is 13.8. The first kappa shape index (κ1) is 15.0. The topological polar surface area (TPSA) is 63.2 Å². The number of hydrogen-bond acceptors (Lipinski definition) is 4. The predicted octanol–water partition coefficient (Wildman–Crippen LogP) is 1.27. The Labute approximate surface area is 122 Å². The number of carbonyl (C=O) groups is 1. The fourth-order valence-electron chi connectivity index (χ4n) is 1.90. The minimum Gasteiger partial charge on any atom is -0.486 e. The van der Waals surface area contributed by atoms with Crippen molar-refractivity contribution in [3.63, 3.8) is 0 Å². The van der Waals surface area contributed by atoms with Gasteiger partial charge in [0.1, 0.15) is 11.9 Å². The predicted molar refractivity (Wildman–Crippen MR) is 73.8 cm³/mol. The highest BCUT2D eigenvalue weighted by atomic mass is 35.5. The average Bonchev–Trinajstić information content (AvgIpc) is 3.18. The Hall–Kier alpha value is -1.40. The van der Waals surface area contributed by atoms with E-state index in [-0.39, 0.29) is 36.3 Å². The molecule has 1 aliphatic heterocycles. The van der Waals surface area contributed by atoms with Crippen LogP contribution in [0.2, 0.25) is 0 Å². The Morgan fingerprint density at radius 2 is 2.30 bits per heavy atom. The first-order chi connectivity index (χ1) is 9.13. The lowest BCUT2D eigenvalue weighted by molar-refractivity contribution is 0.0917. The normalized spacial score (nSPS) is 24.3. The first-order valence-electron chi connectivity index (χ1n) is 6.50. The lowest BCUT2D eigenvalue weighted by Crippen LogP contribution is -2.58. The van der Waals surface area contributed by atoms with Gasteiger partial charge >= 0.3 is 0 Å². The summed E-state index contributed by atoms with van der Waals surface area (Å²) in [6.07, 6.45) is 3.35. The van der Waals surface area contributed by atoms with Gasteiger partial charge in [-0.2, -0.15) is 0 Å². The van der Waals surface area contributed by atoms with Crippen molar-refractivity contribution in [3.8, 4) is 5.75 Å². The maximum Gasteiger partial charge on any atom is 0.273 e. The van der Waals surface area contributed by atoms with Crippen molar-refractivity contribution in [3.05, 3.63) is 23.8 Å². The summed E-state index contributed by atoms with van der Waals surface area (Å²) >= 11 is 0. The Kier molecular flexibility index (Phi) is 4.45. The SMILES string of the molecule is C[C@H]1NC[C@@H]1Oc1cnc(C(=O)NC2CC2)c(F)c1.Cl. The van der Waals surface area contributed by atoms with Crippen LogP contribution >= 0.6 is 12.4 Å². The summed E-state index contributed by atoms with van der Waals surface area (Å²) in [6.45, 7) is 2.74. The summed E-state index contributed by atoms with van der Waals surface area (Å²) in [5, 5.41) is 5.86. The van der Waals surface area contributed by atoms with Crippen molar-refractivity contribution in [1.82, 2.24) is 15.6 Å². The van der Waals surface area contributed by atoms with E-state index in [4.69, 9.17) is 4.74 Å². The number of hydrogen-bond donors (Lipinski definition) is 2. The zero-order valence-electron chi connectivity index (χ0n) is 11.1. The van der Waals surface area contributed by atoms with E-state index in [0.29, 0.717) is 5.75 Å². The van der Waals surface area contributed by atoms with Crippen molar-refractivity contribution >= 4 is 18.3 Å². The van der Waals surface area contributed by atoms with Crippen LogP contribution in [0.4, 0.5) is 4.39 Å². The van der Waals surface area contributed by atoms with Gasteiger partial charge in [-0.1, -0.05) is 0 Å². The fraction of sp³-hybridized carbons (Fsp3) is 0.538. The molecule has 2 fully saturated rings. The second kappa shape index (κ2) is 5.93. The van der Waals surface area contributed by atoms with Crippen molar-refractivity contribution in [2.45, 2.75) is 38.0 Å². The number of pyridine rings is 1. The lowest BCUT2D eigenvalue weighted by atomic mass is 10.1.